The average molecular weight is 370 g/mol. The first kappa shape index (κ1) is 21.0. The van der Waals surface area contributed by atoms with Gasteiger partial charge in [-0.25, -0.2) is 9.97 Å². The predicted octanol–water partition coefficient (Wildman–Crippen LogP) is 3.07. The van der Waals surface area contributed by atoms with Crippen molar-refractivity contribution in [3.05, 3.63) is 53.9 Å². The van der Waals surface area contributed by atoms with Crippen LogP contribution in [0, 0.1) is 0 Å². The molecule has 2 aromatic heterocycles. The van der Waals surface area contributed by atoms with Gasteiger partial charge in [0.1, 0.15) is 11.9 Å². The van der Waals surface area contributed by atoms with Gasteiger partial charge in [-0.05, 0) is 25.0 Å². The topological polar surface area (TPSA) is 79.2 Å². The van der Waals surface area contributed by atoms with Gasteiger partial charge >= 0.3 is 0 Å². The molecule has 27 heavy (non-hydrogen) atoms. The molecule has 146 valence electrons. The normalized spacial score (nSPS) is 13.9. The summed E-state index contributed by atoms with van der Waals surface area (Å²) in [6, 6.07) is 3.25. The Bertz CT molecular complexity index is 726. The molecule has 2 atom stereocenters. The molecule has 0 bridgehead atoms. The molecule has 2 rings (SSSR count). The van der Waals surface area contributed by atoms with Crippen LogP contribution in [-0.2, 0) is 16.6 Å². The van der Waals surface area contributed by atoms with Gasteiger partial charge in [-0.3, -0.25) is 9.78 Å². The van der Waals surface area contributed by atoms with Crippen molar-refractivity contribution in [3.63, 3.8) is 0 Å². The first-order valence-electron chi connectivity index (χ1n) is 9.43. The van der Waals surface area contributed by atoms with Crippen LogP contribution in [0.4, 0.5) is 0 Å². The van der Waals surface area contributed by atoms with E-state index in [1.807, 2.05) is 19.9 Å². The van der Waals surface area contributed by atoms with E-state index in [9.17, 15) is 9.90 Å². The third-order valence-corrected chi connectivity index (χ3v) is 4.49. The van der Waals surface area contributed by atoms with Crippen molar-refractivity contribution in [2.75, 3.05) is 6.54 Å². The maximum absolute atomic E-state index is 12.9. The van der Waals surface area contributed by atoms with Crippen LogP contribution in [0.25, 0.3) is 0 Å². The fourth-order valence-corrected chi connectivity index (χ4v) is 2.91. The largest absolute Gasteiger partial charge is 0.386 e. The Hall–Kier alpha value is -2.34. The highest BCUT2D eigenvalue weighted by Crippen LogP contribution is 2.22. The number of pyridine rings is 1. The minimum absolute atomic E-state index is 0.0422. The lowest BCUT2D eigenvalue weighted by Crippen LogP contribution is -2.43. The van der Waals surface area contributed by atoms with Gasteiger partial charge < -0.3 is 10.0 Å². The molecule has 6 heteroatoms. The van der Waals surface area contributed by atoms with Crippen molar-refractivity contribution in [3.8, 4) is 0 Å². The molecule has 0 aliphatic carbocycles. The van der Waals surface area contributed by atoms with E-state index >= 15 is 0 Å². The molecule has 2 heterocycles. The van der Waals surface area contributed by atoms with E-state index in [4.69, 9.17) is 0 Å². The fourth-order valence-electron chi connectivity index (χ4n) is 2.91. The summed E-state index contributed by atoms with van der Waals surface area (Å²) in [5, 5.41) is 10.7. The van der Waals surface area contributed by atoms with Gasteiger partial charge in [0.25, 0.3) is 0 Å². The van der Waals surface area contributed by atoms with Crippen molar-refractivity contribution in [1.82, 2.24) is 19.9 Å². The van der Waals surface area contributed by atoms with Crippen LogP contribution in [0.1, 0.15) is 64.1 Å². The van der Waals surface area contributed by atoms with E-state index in [1.165, 1.54) is 0 Å². The second kappa shape index (κ2) is 9.04. The Morgan fingerprint density at radius 2 is 1.89 bits per heavy atom. The number of aromatic nitrogens is 3. The van der Waals surface area contributed by atoms with Gasteiger partial charge in [0, 0.05) is 42.3 Å². The monoisotopic (exact) mass is 370 g/mol. The number of aliphatic hydroxyl groups excluding tert-OH is 1. The molecule has 1 unspecified atom stereocenters. The van der Waals surface area contributed by atoms with Crippen LogP contribution in [-0.4, -0.2) is 43.5 Å². The van der Waals surface area contributed by atoms with Crippen LogP contribution in [0.5, 0.6) is 0 Å². The van der Waals surface area contributed by atoms with Gasteiger partial charge in [-0.1, -0.05) is 33.8 Å². The number of hydrogen-bond donors (Lipinski definition) is 1. The van der Waals surface area contributed by atoms with Gasteiger partial charge in [0.15, 0.2) is 0 Å². The van der Waals surface area contributed by atoms with E-state index in [1.54, 1.807) is 35.8 Å². The molecule has 0 aliphatic rings. The molecule has 6 nitrogen and oxygen atoms in total. The SMILES string of the molecule is CCCN(C(=O)Cc1cnc(C(C)(C)C)nc1)[C@@H](C)C(O)c1cccnc1. The van der Waals surface area contributed by atoms with Crippen LogP contribution in [0.15, 0.2) is 36.9 Å². The lowest BCUT2D eigenvalue weighted by Gasteiger charge is -2.32. The van der Waals surface area contributed by atoms with Crippen LogP contribution in [0.2, 0.25) is 0 Å². The van der Waals surface area contributed by atoms with E-state index < -0.39 is 6.10 Å². The number of aliphatic hydroxyl groups is 1. The summed E-state index contributed by atoms with van der Waals surface area (Å²) in [5.74, 6) is 0.712. The van der Waals surface area contributed by atoms with Crippen LogP contribution in [0.3, 0.4) is 0 Å². The second-order valence-corrected chi connectivity index (χ2v) is 7.90. The summed E-state index contributed by atoms with van der Waals surface area (Å²) in [7, 11) is 0. The van der Waals surface area contributed by atoms with E-state index in [-0.39, 0.29) is 23.8 Å². The summed E-state index contributed by atoms with van der Waals surface area (Å²) in [6.45, 7) is 10.6. The van der Waals surface area contributed by atoms with Crippen molar-refractivity contribution in [2.24, 2.45) is 0 Å². The summed E-state index contributed by atoms with van der Waals surface area (Å²) in [6.07, 6.45) is 6.99. The highest BCUT2D eigenvalue weighted by molar-refractivity contribution is 5.79. The number of hydrogen-bond acceptors (Lipinski definition) is 5. The highest BCUT2D eigenvalue weighted by Gasteiger charge is 2.27. The molecule has 0 aromatic carbocycles. The zero-order valence-corrected chi connectivity index (χ0v) is 16.9. The first-order chi connectivity index (χ1) is 12.7. The lowest BCUT2D eigenvalue weighted by molar-refractivity contribution is -0.135. The average Bonchev–Trinajstić information content (AvgIpc) is 2.65. The number of carbonyl (C=O) groups is 1. The van der Waals surface area contributed by atoms with Gasteiger partial charge in [0.05, 0.1) is 12.5 Å². The quantitative estimate of drug-likeness (QED) is 0.810. The van der Waals surface area contributed by atoms with Crippen molar-refractivity contribution >= 4 is 5.91 Å². The van der Waals surface area contributed by atoms with Gasteiger partial charge in [-0.2, -0.15) is 0 Å². The molecule has 0 saturated heterocycles. The van der Waals surface area contributed by atoms with Crippen LogP contribution < -0.4 is 0 Å². The summed E-state index contributed by atoms with van der Waals surface area (Å²) < 4.78 is 0. The summed E-state index contributed by atoms with van der Waals surface area (Å²) >= 11 is 0. The third-order valence-electron chi connectivity index (χ3n) is 4.49. The number of rotatable bonds is 7. The zero-order valence-electron chi connectivity index (χ0n) is 16.9. The molecule has 0 radical (unpaired) electrons. The molecular formula is C21H30N4O2. The Labute approximate surface area is 161 Å². The Morgan fingerprint density at radius 3 is 2.41 bits per heavy atom. The highest BCUT2D eigenvalue weighted by atomic mass is 16.3. The van der Waals surface area contributed by atoms with Gasteiger partial charge in [-0.15, -0.1) is 0 Å². The third kappa shape index (κ3) is 5.57. The Morgan fingerprint density at radius 1 is 1.22 bits per heavy atom. The molecule has 0 spiro atoms. The maximum Gasteiger partial charge on any atom is 0.227 e. The number of nitrogens with zero attached hydrogens (tertiary/aromatic N) is 4. The standard InChI is InChI=1S/C21H30N4O2/c1-6-10-25(15(2)19(27)17-8-7-9-22-14-17)18(26)11-16-12-23-20(24-13-16)21(3,4)5/h7-9,12-15,19,27H,6,10-11H2,1-5H3/t15-,19?/m0/s1. The zero-order chi connectivity index (χ0) is 20.0. The van der Waals surface area contributed by atoms with Crippen molar-refractivity contribution in [2.45, 2.75) is 65.0 Å². The Kier molecular flexibility index (Phi) is 7.02. The first-order valence-corrected chi connectivity index (χ1v) is 9.43. The van der Waals surface area contributed by atoms with Gasteiger partial charge in [0.2, 0.25) is 5.91 Å². The molecule has 2 aromatic rings. The maximum atomic E-state index is 12.9. The summed E-state index contributed by atoms with van der Waals surface area (Å²) in [4.78, 5) is 27.5. The van der Waals surface area contributed by atoms with Crippen molar-refractivity contribution in [1.29, 1.82) is 0 Å². The molecule has 0 saturated carbocycles. The smallest absolute Gasteiger partial charge is 0.227 e. The Balaban J connectivity index is 2.12. The minimum Gasteiger partial charge on any atom is -0.386 e. The molecule has 0 fully saturated rings. The predicted molar refractivity (Wildman–Crippen MR) is 105 cm³/mol. The molecule has 1 N–H and O–H groups in total. The fraction of sp³-hybridized carbons (Fsp3) is 0.524. The minimum atomic E-state index is -0.784. The number of amides is 1. The number of carbonyl (C=O) groups excluding carboxylic acids is 1. The van der Waals surface area contributed by atoms with E-state index in [2.05, 4.69) is 35.7 Å². The molecule has 1 amide bonds. The lowest BCUT2D eigenvalue weighted by atomic mass is 9.95. The van der Waals surface area contributed by atoms with E-state index in [0.717, 1.165) is 17.8 Å². The molecular weight excluding hydrogens is 340 g/mol. The second-order valence-electron chi connectivity index (χ2n) is 7.90. The van der Waals surface area contributed by atoms with Crippen LogP contribution >= 0.6 is 0 Å². The molecule has 0 aliphatic heterocycles. The van der Waals surface area contributed by atoms with Crippen molar-refractivity contribution < 1.29 is 9.90 Å². The summed E-state index contributed by atoms with van der Waals surface area (Å²) in [5.41, 5.74) is 1.35. The van der Waals surface area contributed by atoms with E-state index in [0.29, 0.717) is 12.1 Å².